The van der Waals surface area contributed by atoms with Crippen LogP contribution in [0.1, 0.15) is 70.0 Å². The third-order valence-corrected chi connectivity index (χ3v) is 5.38. The van der Waals surface area contributed by atoms with Gasteiger partial charge in [-0.05, 0) is 44.7 Å². The number of nitro groups is 1. The third-order valence-electron chi connectivity index (χ3n) is 5.38. The van der Waals surface area contributed by atoms with Crippen LogP contribution in [0.15, 0.2) is 18.2 Å². The highest BCUT2D eigenvalue weighted by atomic mass is 16.6. The molecule has 0 aromatic heterocycles. The highest BCUT2D eigenvalue weighted by Crippen LogP contribution is 2.29. The molecule has 8 nitrogen and oxygen atoms in total. The summed E-state index contributed by atoms with van der Waals surface area (Å²) in [6, 6.07) is 4.58. The SMILES string of the molecule is CC(O)c1cc(OCCCCC(=O)N(CCO)C2CCCCC2)ccc1[N+](=O)[O-]. The maximum absolute atomic E-state index is 12.6. The summed E-state index contributed by atoms with van der Waals surface area (Å²) in [5.41, 5.74) is 0.0828. The van der Waals surface area contributed by atoms with Crippen LogP contribution >= 0.6 is 0 Å². The lowest BCUT2D eigenvalue weighted by Gasteiger charge is -2.34. The number of benzene rings is 1. The predicted octanol–water partition coefficient (Wildman–Crippen LogP) is 3.35. The van der Waals surface area contributed by atoms with Crippen molar-refractivity contribution in [2.45, 2.75) is 70.4 Å². The summed E-state index contributed by atoms with van der Waals surface area (Å²) in [7, 11) is 0. The van der Waals surface area contributed by atoms with Crippen molar-refractivity contribution in [2.75, 3.05) is 19.8 Å². The number of aliphatic hydroxyl groups is 2. The van der Waals surface area contributed by atoms with E-state index < -0.39 is 11.0 Å². The van der Waals surface area contributed by atoms with E-state index in [1.54, 1.807) is 0 Å². The van der Waals surface area contributed by atoms with E-state index in [9.17, 15) is 25.1 Å². The number of nitro benzene ring substituents is 1. The minimum absolute atomic E-state index is 0.0168. The summed E-state index contributed by atoms with van der Waals surface area (Å²) in [5.74, 6) is 0.541. The topological polar surface area (TPSA) is 113 Å². The number of carbonyl (C=O) groups excluding carboxylic acids is 1. The lowest BCUT2D eigenvalue weighted by Crippen LogP contribution is -2.43. The first kappa shape index (κ1) is 23.1. The van der Waals surface area contributed by atoms with Gasteiger partial charge in [0.1, 0.15) is 5.75 Å². The first-order valence-corrected chi connectivity index (χ1v) is 10.4. The maximum atomic E-state index is 12.6. The fourth-order valence-corrected chi connectivity index (χ4v) is 3.85. The maximum Gasteiger partial charge on any atom is 0.275 e. The molecule has 1 aliphatic rings. The molecular formula is C21H32N2O6. The lowest BCUT2D eigenvalue weighted by molar-refractivity contribution is -0.386. The average molecular weight is 408 g/mol. The van der Waals surface area contributed by atoms with E-state index in [0.29, 0.717) is 38.2 Å². The molecule has 1 atom stereocenters. The van der Waals surface area contributed by atoms with Crippen molar-refractivity contribution in [2.24, 2.45) is 0 Å². The van der Waals surface area contributed by atoms with Crippen molar-refractivity contribution in [3.05, 3.63) is 33.9 Å². The molecule has 1 amide bonds. The molecule has 0 saturated heterocycles. The number of hydrogen-bond donors (Lipinski definition) is 2. The molecular weight excluding hydrogens is 376 g/mol. The van der Waals surface area contributed by atoms with Gasteiger partial charge in [0.25, 0.3) is 5.69 Å². The van der Waals surface area contributed by atoms with Gasteiger partial charge in [-0.2, -0.15) is 0 Å². The lowest BCUT2D eigenvalue weighted by atomic mass is 9.94. The van der Waals surface area contributed by atoms with Gasteiger partial charge < -0.3 is 19.8 Å². The van der Waals surface area contributed by atoms with Gasteiger partial charge >= 0.3 is 0 Å². The smallest absolute Gasteiger partial charge is 0.275 e. The Hall–Kier alpha value is -2.19. The monoisotopic (exact) mass is 408 g/mol. The first-order chi connectivity index (χ1) is 13.9. The van der Waals surface area contributed by atoms with Gasteiger partial charge in [-0.15, -0.1) is 0 Å². The van der Waals surface area contributed by atoms with Crippen LogP contribution in [0.4, 0.5) is 5.69 Å². The Morgan fingerprint density at radius 1 is 1.31 bits per heavy atom. The van der Waals surface area contributed by atoms with Gasteiger partial charge in [-0.3, -0.25) is 14.9 Å². The van der Waals surface area contributed by atoms with Crippen molar-refractivity contribution in [3.63, 3.8) is 0 Å². The van der Waals surface area contributed by atoms with E-state index in [4.69, 9.17) is 4.74 Å². The van der Waals surface area contributed by atoms with E-state index in [-0.39, 0.29) is 29.8 Å². The zero-order chi connectivity index (χ0) is 21.2. The van der Waals surface area contributed by atoms with E-state index >= 15 is 0 Å². The molecule has 0 aliphatic heterocycles. The number of aliphatic hydroxyl groups excluding tert-OH is 2. The van der Waals surface area contributed by atoms with Crippen LogP contribution in [0.3, 0.4) is 0 Å². The van der Waals surface area contributed by atoms with Gasteiger partial charge in [0, 0.05) is 25.1 Å². The van der Waals surface area contributed by atoms with Crippen LogP contribution in [0, 0.1) is 10.1 Å². The van der Waals surface area contributed by atoms with Gasteiger partial charge in [0.05, 0.1) is 29.8 Å². The normalized spacial score (nSPS) is 15.7. The van der Waals surface area contributed by atoms with Crippen LogP contribution in [0.5, 0.6) is 5.75 Å². The summed E-state index contributed by atoms with van der Waals surface area (Å²) in [6.45, 7) is 2.23. The van der Waals surface area contributed by atoms with Gasteiger partial charge in [-0.1, -0.05) is 19.3 Å². The second-order valence-corrected chi connectivity index (χ2v) is 7.56. The van der Waals surface area contributed by atoms with E-state index in [2.05, 4.69) is 0 Å². The van der Waals surface area contributed by atoms with E-state index in [1.165, 1.54) is 31.5 Å². The minimum atomic E-state index is -0.964. The molecule has 1 fully saturated rings. The van der Waals surface area contributed by atoms with Gasteiger partial charge in [0.15, 0.2) is 0 Å². The summed E-state index contributed by atoms with van der Waals surface area (Å²) in [6.07, 6.45) is 6.31. The summed E-state index contributed by atoms with van der Waals surface area (Å²) >= 11 is 0. The number of amides is 1. The van der Waals surface area contributed by atoms with E-state index in [0.717, 1.165) is 25.7 Å². The molecule has 2 N–H and O–H groups in total. The Kier molecular flexibility index (Phi) is 9.34. The highest BCUT2D eigenvalue weighted by Gasteiger charge is 2.24. The zero-order valence-electron chi connectivity index (χ0n) is 17.1. The summed E-state index contributed by atoms with van der Waals surface area (Å²) < 4.78 is 5.64. The first-order valence-electron chi connectivity index (χ1n) is 10.4. The number of carbonyl (C=O) groups is 1. The Bertz CT molecular complexity index is 673. The van der Waals surface area contributed by atoms with Crippen LogP contribution in [0.2, 0.25) is 0 Å². The number of hydrogen-bond acceptors (Lipinski definition) is 6. The molecule has 1 aliphatic carbocycles. The standard InChI is InChI=1S/C21H32N2O6/c1-16(25)19-15-18(10-11-20(19)23(27)28)29-14-6-5-9-21(26)22(12-13-24)17-7-3-2-4-8-17/h10-11,15-17,24-25H,2-9,12-14H2,1H3. The average Bonchev–Trinajstić information content (AvgIpc) is 2.71. The van der Waals surface area contributed by atoms with Gasteiger partial charge in [-0.25, -0.2) is 0 Å². The number of nitrogens with zero attached hydrogens (tertiary/aromatic N) is 2. The highest BCUT2D eigenvalue weighted by molar-refractivity contribution is 5.76. The van der Waals surface area contributed by atoms with Crippen LogP contribution < -0.4 is 4.74 Å². The predicted molar refractivity (Wildman–Crippen MR) is 109 cm³/mol. The molecule has 2 rings (SSSR count). The third kappa shape index (κ3) is 6.97. The van der Waals surface area contributed by atoms with Crippen molar-refractivity contribution in [1.82, 2.24) is 4.90 Å². The van der Waals surface area contributed by atoms with Crippen LogP contribution in [-0.4, -0.2) is 51.7 Å². The number of ether oxygens (including phenoxy) is 1. The second-order valence-electron chi connectivity index (χ2n) is 7.56. The fraction of sp³-hybridized carbons (Fsp3) is 0.667. The second kappa shape index (κ2) is 11.7. The number of rotatable bonds is 11. The fourth-order valence-electron chi connectivity index (χ4n) is 3.85. The Morgan fingerprint density at radius 2 is 2.03 bits per heavy atom. The Balaban J connectivity index is 1.79. The zero-order valence-corrected chi connectivity index (χ0v) is 17.1. The molecule has 0 bridgehead atoms. The number of unbranched alkanes of at least 4 members (excludes halogenated alkanes) is 1. The Labute approximate surface area is 171 Å². The van der Waals surface area contributed by atoms with E-state index in [1.807, 2.05) is 4.90 Å². The summed E-state index contributed by atoms with van der Waals surface area (Å²) in [5, 5.41) is 30.0. The van der Waals surface area contributed by atoms with Crippen LogP contribution in [-0.2, 0) is 4.79 Å². The molecule has 1 saturated carbocycles. The van der Waals surface area contributed by atoms with Crippen LogP contribution in [0.25, 0.3) is 0 Å². The molecule has 0 radical (unpaired) electrons. The molecule has 1 aromatic rings. The van der Waals surface area contributed by atoms with Gasteiger partial charge in [0.2, 0.25) is 5.91 Å². The molecule has 162 valence electrons. The molecule has 0 heterocycles. The largest absolute Gasteiger partial charge is 0.494 e. The molecule has 8 heteroatoms. The summed E-state index contributed by atoms with van der Waals surface area (Å²) in [4.78, 5) is 24.9. The molecule has 1 aromatic carbocycles. The van der Waals surface area contributed by atoms with Crippen molar-refractivity contribution >= 4 is 11.6 Å². The quantitative estimate of drug-likeness (QED) is 0.330. The molecule has 0 spiro atoms. The van der Waals surface area contributed by atoms with Crippen molar-refractivity contribution < 1.29 is 24.7 Å². The molecule has 1 unspecified atom stereocenters. The Morgan fingerprint density at radius 3 is 2.66 bits per heavy atom. The molecule has 29 heavy (non-hydrogen) atoms. The van der Waals surface area contributed by atoms with Crippen molar-refractivity contribution in [3.8, 4) is 5.75 Å². The van der Waals surface area contributed by atoms with Crippen molar-refractivity contribution in [1.29, 1.82) is 0 Å². The minimum Gasteiger partial charge on any atom is -0.494 e.